The highest BCUT2D eigenvalue weighted by Gasteiger charge is 2.50. The molecule has 1 saturated heterocycles. The zero-order valence-corrected chi connectivity index (χ0v) is 14.6. The largest absolute Gasteiger partial charge is 0.393 e. The quantitative estimate of drug-likeness (QED) is 0.474. The van der Waals surface area contributed by atoms with Crippen LogP contribution in [0.5, 0.6) is 0 Å². The summed E-state index contributed by atoms with van der Waals surface area (Å²) in [5.41, 5.74) is -3.04. The summed E-state index contributed by atoms with van der Waals surface area (Å²) in [7, 11) is 0. The van der Waals surface area contributed by atoms with Crippen LogP contribution in [0.1, 0.15) is 25.3 Å². The van der Waals surface area contributed by atoms with Crippen LogP contribution < -0.4 is 0 Å². The summed E-state index contributed by atoms with van der Waals surface area (Å²) in [6.07, 6.45) is 0.302. The smallest absolute Gasteiger partial charge is 0.165 e. The van der Waals surface area contributed by atoms with Crippen molar-refractivity contribution >= 4 is 0 Å². The van der Waals surface area contributed by atoms with E-state index in [0.29, 0.717) is 13.2 Å². The van der Waals surface area contributed by atoms with E-state index in [2.05, 4.69) is 0 Å². The minimum Gasteiger partial charge on any atom is -0.393 e. The number of hydrogen-bond acceptors (Lipinski definition) is 7. The minimum atomic E-state index is -2.10. The molecule has 1 fully saturated rings. The number of benzene rings is 1. The lowest BCUT2D eigenvalue weighted by Gasteiger charge is -2.42. The lowest BCUT2D eigenvalue weighted by molar-refractivity contribution is -0.229. The molecule has 7 nitrogen and oxygen atoms in total. The molecule has 1 aliphatic rings. The maximum atomic E-state index is 11.0. The van der Waals surface area contributed by atoms with Crippen LogP contribution in [-0.2, 0) is 20.8 Å². The molecule has 1 aliphatic heterocycles. The maximum absolute atomic E-state index is 11.0. The first kappa shape index (κ1) is 20.3. The van der Waals surface area contributed by atoms with Crippen molar-refractivity contribution in [1.29, 1.82) is 0 Å². The first-order valence-corrected chi connectivity index (χ1v) is 8.42. The molecule has 7 heteroatoms. The highest BCUT2D eigenvalue weighted by atomic mass is 16.7. The summed E-state index contributed by atoms with van der Waals surface area (Å²) >= 11 is 0. The maximum Gasteiger partial charge on any atom is 0.165 e. The Bertz CT molecular complexity index is 511. The molecule has 1 atom stereocenters. The van der Waals surface area contributed by atoms with Crippen LogP contribution in [-0.4, -0.2) is 70.4 Å². The second kappa shape index (κ2) is 8.55. The van der Waals surface area contributed by atoms with Crippen LogP contribution in [0.3, 0.4) is 0 Å². The Kier molecular flexibility index (Phi) is 6.93. The molecule has 0 saturated carbocycles. The zero-order chi connectivity index (χ0) is 18.4. The van der Waals surface area contributed by atoms with Crippen LogP contribution in [0, 0.1) is 0 Å². The summed E-state index contributed by atoms with van der Waals surface area (Å²) in [5.74, 6) is -0.862. The summed E-state index contributed by atoms with van der Waals surface area (Å²) in [4.78, 5) is 0. The van der Waals surface area contributed by atoms with Gasteiger partial charge in [-0.2, -0.15) is 0 Å². The van der Waals surface area contributed by atoms with Gasteiger partial charge in [-0.3, -0.25) is 0 Å². The van der Waals surface area contributed by atoms with E-state index in [9.17, 15) is 20.4 Å². The van der Waals surface area contributed by atoms with Gasteiger partial charge in [0.1, 0.15) is 11.2 Å². The van der Waals surface area contributed by atoms with E-state index in [1.54, 1.807) is 6.92 Å². The molecule has 1 heterocycles. The van der Waals surface area contributed by atoms with Crippen molar-refractivity contribution in [3.63, 3.8) is 0 Å². The van der Waals surface area contributed by atoms with E-state index >= 15 is 0 Å². The van der Waals surface area contributed by atoms with Gasteiger partial charge in [0, 0.05) is 6.42 Å². The van der Waals surface area contributed by atoms with Gasteiger partial charge in [0.15, 0.2) is 5.79 Å². The molecule has 0 aromatic heterocycles. The highest BCUT2D eigenvalue weighted by Crippen LogP contribution is 2.33. The van der Waals surface area contributed by atoms with E-state index in [-0.39, 0.29) is 26.1 Å². The van der Waals surface area contributed by atoms with Crippen LogP contribution >= 0.6 is 0 Å². The number of aliphatic hydroxyl groups excluding tert-OH is 2. The monoisotopic (exact) mass is 356 g/mol. The van der Waals surface area contributed by atoms with Gasteiger partial charge in [0.2, 0.25) is 0 Å². The van der Waals surface area contributed by atoms with E-state index < -0.39 is 30.2 Å². The first-order valence-electron chi connectivity index (χ1n) is 8.42. The Hall–Kier alpha value is -1.06. The molecular formula is C18H28O7. The number of hydrogen-bond donors (Lipinski definition) is 4. The van der Waals surface area contributed by atoms with Crippen LogP contribution in [0.4, 0.5) is 0 Å². The van der Waals surface area contributed by atoms with Gasteiger partial charge in [-0.05, 0) is 18.9 Å². The number of aliphatic hydroxyl groups is 4. The normalized spacial score (nSPS) is 19.7. The molecule has 1 aromatic rings. The fourth-order valence-electron chi connectivity index (χ4n) is 2.83. The number of ether oxygens (including phenoxy) is 3. The van der Waals surface area contributed by atoms with Crippen LogP contribution in [0.25, 0.3) is 0 Å². The van der Waals surface area contributed by atoms with E-state index in [4.69, 9.17) is 14.2 Å². The summed E-state index contributed by atoms with van der Waals surface area (Å²) in [6, 6.07) is 9.39. The van der Waals surface area contributed by atoms with Crippen LogP contribution in [0.2, 0.25) is 0 Å². The average molecular weight is 356 g/mol. The number of rotatable bonds is 10. The van der Waals surface area contributed by atoms with Gasteiger partial charge in [-0.25, -0.2) is 0 Å². The SMILES string of the molecule is CC1(CCC(O)(COCc2ccccc2)C(O)(CO)CO)OCCO1. The zero-order valence-electron chi connectivity index (χ0n) is 14.6. The predicted octanol–water partition coefficient (Wildman–Crippen LogP) is 0.193. The third-order valence-corrected chi connectivity index (χ3v) is 4.73. The van der Waals surface area contributed by atoms with Crippen molar-refractivity contribution < 1.29 is 34.6 Å². The molecule has 0 spiro atoms. The van der Waals surface area contributed by atoms with Gasteiger partial charge < -0.3 is 34.6 Å². The molecule has 0 radical (unpaired) electrons. The Morgan fingerprint density at radius 3 is 2.20 bits per heavy atom. The topological polar surface area (TPSA) is 109 Å². The Morgan fingerprint density at radius 1 is 1.04 bits per heavy atom. The van der Waals surface area contributed by atoms with Crippen LogP contribution in [0.15, 0.2) is 30.3 Å². The second-order valence-corrected chi connectivity index (χ2v) is 6.69. The third kappa shape index (κ3) is 4.98. The standard InChI is InChI=1S/C18H28O7/c1-16(24-9-10-25-16)7-8-17(21,18(22,12-19)13-20)14-23-11-15-5-3-2-4-6-15/h2-6,19-22H,7-14H2,1H3. The molecular weight excluding hydrogens is 328 g/mol. The predicted molar refractivity (Wildman–Crippen MR) is 89.7 cm³/mol. The molecule has 0 amide bonds. The highest BCUT2D eigenvalue weighted by molar-refractivity contribution is 5.13. The van der Waals surface area contributed by atoms with Gasteiger partial charge in [-0.1, -0.05) is 30.3 Å². The Morgan fingerprint density at radius 2 is 1.64 bits per heavy atom. The van der Waals surface area contributed by atoms with Crippen molar-refractivity contribution in [2.75, 3.05) is 33.0 Å². The van der Waals surface area contributed by atoms with E-state index in [0.717, 1.165) is 5.56 Å². The van der Waals surface area contributed by atoms with Crippen molar-refractivity contribution in [1.82, 2.24) is 0 Å². The molecule has 1 unspecified atom stereocenters. The molecule has 25 heavy (non-hydrogen) atoms. The molecule has 0 bridgehead atoms. The molecule has 1 aromatic carbocycles. The van der Waals surface area contributed by atoms with Crippen molar-refractivity contribution in [3.05, 3.63) is 35.9 Å². The van der Waals surface area contributed by atoms with Gasteiger partial charge in [-0.15, -0.1) is 0 Å². The lowest BCUT2D eigenvalue weighted by Crippen LogP contribution is -2.62. The summed E-state index contributed by atoms with van der Waals surface area (Å²) < 4.78 is 16.6. The van der Waals surface area contributed by atoms with Gasteiger partial charge >= 0.3 is 0 Å². The minimum absolute atomic E-state index is 0.0237. The molecule has 4 N–H and O–H groups in total. The fourth-order valence-corrected chi connectivity index (χ4v) is 2.83. The fraction of sp³-hybridized carbons (Fsp3) is 0.667. The Labute approximate surface area is 147 Å². The summed E-state index contributed by atoms with van der Waals surface area (Å²) in [6.45, 7) is 1.06. The third-order valence-electron chi connectivity index (χ3n) is 4.73. The van der Waals surface area contributed by atoms with Crippen molar-refractivity contribution in [2.45, 2.75) is 43.4 Å². The van der Waals surface area contributed by atoms with E-state index in [1.807, 2.05) is 30.3 Å². The molecule has 2 rings (SSSR count). The molecule has 0 aliphatic carbocycles. The second-order valence-electron chi connectivity index (χ2n) is 6.69. The van der Waals surface area contributed by atoms with Gasteiger partial charge in [0.25, 0.3) is 0 Å². The van der Waals surface area contributed by atoms with Gasteiger partial charge in [0.05, 0.1) is 39.6 Å². The average Bonchev–Trinajstić information content (AvgIpc) is 3.07. The summed E-state index contributed by atoms with van der Waals surface area (Å²) in [5, 5.41) is 40.5. The lowest BCUT2D eigenvalue weighted by atomic mass is 9.80. The van der Waals surface area contributed by atoms with E-state index in [1.165, 1.54) is 0 Å². The Balaban J connectivity index is 2.03. The van der Waals surface area contributed by atoms with Crippen molar-refractivity contribution in [3.8, 4) is 0 Å². The van der Waals surface area contributed by atoms with Crippen molar-refractivity contribution in [2.24, 2.45) is 0 Å². The first-order chi connectivity index (χ1) is 11.9. The molecule has 142 valence electrons.